The molecule has 0 atom stereocenters. The predicted octanol–water partition coefficient (Wildman–Crippen LogP) is 6.49. The van der Waals surface area contributed by atoms with Gasteiger partial charge in [0.05, 0.1) is 11.4 Å². The van der Waals surface area contributed by atoms with Gasteiger partial charge < -0.3 is 9.32 Å². The summed E-state index contributed by atoms with van der Waals surface area (Å²) in [7, 11) is 0. The van der Waals surface area contributed by atoms with Crippen LogP contribution in [0.5, 0.6) is 0 Å². The molecule has 0 unspecified atom stereocenters. The molecule has 2 aromatic heterocycles. The van der Waals surface area contributed by atoms with Crippen molar-refractivity contribution in [2.75, 3.05) is 4.90 Å². The van der Waals surface area contributed by atoms with Crippen molar-refractivity contribution in [3.63, 3.8) is 0 Å². The molecule has 1 aliphatic rings. The molecule has 0 saturated heterocycles. The van der Waals surface area contributed by atoms with Crippen molar-refractivity contribution in [1.29, 1.82) is 0 Å². The minimum absolute atomic E-state index is 0.0685. The Bertz CT molecular complexity index is 1350. The summed E-state index contributed by atoms with van der Waals surface area (Å²) in [5.74, 6) is 0. The molecular formula is C25H19N3O. The van der Waals surface area contributed by atoms with E-state index in [1.807, 2.05) is 0 Å². The molecule has 0 saturated carbocycles. The summed E-state index contributed by atoms with van der Waals surface area (Å²) in [5.41, 5.74) is 8.18. The number of hydrogen-bond acceptors (Lipinski definition) is 4. The highest BCUT2D eigenvalue weighted by molar-refractivity contribution is 6.02. The zero-order chi connectivity index (χ0) is 19.6. The zero-order valence-corrected chi connectivity index (χ0v) is 16.3. The maximum absolute atomic E-state index is 6.00. The van der Waals surface area contributed by atoms with Gasteiger partial charge in [-0.2, -0.15) is 0 Å². The first-order valence-corrected chi connectivity index (χ1v) is 9.77. The Morgan fingerprint density at radius 2 is 1.45 bits per heavy atom. The van der Waals surface area contributed by atoms with Crippen LogP contribution < -0.4 is 4.90 Å². The highest BCUT2D eigenvalue weighted by Crippen LogP contribution is 2.51. The van der Waals surface area contributed by atoms with Gasteiger partial charge in [0.25, 0.3) is 0 Å². The third-order valence-corrected chi connectivity index (χ3v) is 5.99. The van der Waals surface area contributed by atoms with Crippen LogP contribution in [0, 0.1) is 0 Å². The molecule has 140 valence electrons. The van der Waals surface area contributed by atoms with Crippen LogP contribution in [0.4, 0.5) is 17.1 Å². The van der Waals surface area contributed by atoms with Gasteiger partial charge in [-0.25, -0.2) is 9.97 Å². The van der Waals surface area contributed by atoms with Crippen LogP contribution in [-0.2, 0) is 5.41 Å². The lowest BCUT2D eigenvalue weighted by Crippen LogP contribution is -2.30. The van der Waals surface area contributed by atoms with Crippen molar-refractivity contribution < 1.29 is 4.42 Å². The van der Waals surface area contributed by atoms with Gasteiger partial charge in [-0.05, 0) is 35.4 Å². The summed E-state index contributed by atoms with van der Waals surface area (Å²) in [6.07, 6.45) is 3.36. The van der Waals surface area contributed by atoms with Gasteiger partial charge in [0.1, 0.15) is 11.1 Å². The fourth-order valence-corrected chi connectivity index (χ4v) is 4.57. The van der Waals surface area contributed by atoms with Gasteiger partial charge in [-0.3, -0.25) is 0 Å². The third kappa shape index (κ3) is 2.20. The molecule has 4 heteroatoms. The average molecular weight is 377 g/mol. The van der Waals surface area contributed by atoms with Gasteiger partial charge in [0, 0.05) is 34.9 Å². The molecule has 1 aliphatic heterocycles. The maximum Gasteiger partial charge on any atom is 0.246 e. The molecule has 0 fully saturated rings. The van der Waals surface area contributed by atoms with Crippen LogP contribution in [0.15, 0.2) is 83.5 Å². The number of aromatic nitrogens is 2. The largest absolute Gasteiger partial charge is 0.436 e. The van der Waals surface area contributed by atoms with E-state index in [2.05, 4.69) is 95.4 Å². The van der Waals surface area contributed by atoms with Crippen LogP contribution in [0.25, 0.3) is 22.2 Å². The number of hydrogen-bond donors (Lipinski definition) is 0. The van der Waals surface area contributed by atoms with Gasteiger partial charge in [-0.15, -0.1) is 0 Å². The van der Waals surface area contributed by atoms with E-state index in [1.165, 1.54) is 22.5 Å². The Hall–Kier alpha value is -3.66. The fraction of sp³-hybridized carbons (Fsp3) is 0.120. The summed E-state index contributed by atoms with van der Waals surface area (Å²) < 4.78 is 6.00. The summed E-state index contributed by atoms with van der Waals surface area (Å²) in [6, 6.07) is 23.6. The quantitative estimate of drug-likeness (QED) is 0.335. The van der Waals surface area contributed by atoms with E-state index >= 15 is 0 Å². The number of benzene rings is 3. The molecule has 4 nitrogen and oxygen atoms in total. The smallest absolute Gasteiger partial charge is 0.246 e. The van der Waals surface area contributed by atoms with Crippen molar-refractivity contribution in [1.82, 2.24) is 9.97 Å². The van der Waals surface area contributed by atoms with E-state index in [0.29, 0.717) is 5.71 Å². The topological polar surface area (TPSA) is 42.2 Å². The number of para-hydroxylation sites is 2. The summed E-state index contributed by atoms with van der Waals surface area (Å²) in [4.78, 5) is 11.1. The number of rotatable bonds is 1. The lowest BCUT2D eigenvalue weighted by atomic mass is 9.73. The Kier molecular flexibility index (Phi) is 3.19. The van der Waals surface area contributed by atoms with Crippen molar-refractivity contribution in [3.05, 3.63) is 90.3 Å². The lowest BCUT2D eigenvalue weighted by molar-refractivity contribution is 0.631. The molecule has 3 aromatic carbocycles. The second kappa shape index (κ2) is 5.67. The van der Waals surface area contributed by atoms with E-state index in [0.717, 1.165) is 22.2 Å². The first kappa shape index (κ1) is 16.3. The minimum atomic E-state index is -0.0685. The lowest BCUT2D eigenvalue weighted by Gasteiger charge is -2.41. The number of nitrogens with zero attached hydrogens (tertiary/aromatic N) is 3. The summed E-state index contributed by atoms with van der Waals surface area (Å²) in [5, 5.41) is 0.982. The summed E-state index contributed by atoms with van der Waals surface area (Å²) in [6.45, 7) is 4.59. The predicted molar refractivity (Wildman–Crippen MR) is 116 cm³/mol. The van der Waals surface area contributed by atoms with Crippen molar-refractivity contribution in [2.24, 2.45) is 0 Å². The third-order valence-electron chi connectivity index (χ3n) is 5.99. The SMILES string of the molecule is CC1(C)c2ccccc2N(c2ccc3c(c2)oc2nccnc23)c2ccccc21. The summed E-state index contributed by atoms with van der Waals surface area (Å²) >= 11 is 0. The molecule has 0 N–H and O–H groups in total. The van der Waals surface area contributed by atoms with Crippen molar-refractivity contribution in [2.45, 2.75) is 19.3 Å². The normalized spacial score (nSPS) is 14.8. The number of fused-ring (bicyclic) bond motifs is 5. The van der Waals surface area contributed by atoms with Crippen LogP contribution in [0.2, 0.25) is 0 Å². The van der Waals surface area contributed by atoms with E-state index in [4.69, 9.17) is 4.42 Å². The van der Waals surface area contributed by atoms with Crippen molar-refractivity contribution >= 4 is 39.3 Å². The maximum atomic E-state index is 6.00. The van der Waals surface area contributed by atoms with Crippen molar-refractivity contribution in [3.8, 4) is 0 Å². The minimum Gasteiger partial charge on any atom is -0.436 e. The monoisotopic (exact) mass is 377 g/mol. The number of anilines is 3. The highest BCUT2D eigenvalue weighted by atomic mass is 16.3. The van der Waals surface area contributed by atoms with E-state index in [1.54, 1.807) is 12.4 Å². The first-order valence-electron chi connectivity index (χ1n) is 9.77. The van der Waals surface area contributed by atoms with E-state index < -0.39 is 0 Å². The highest BCUT2D eigenvalue weighted by Gasteiger charge is 2.36. The Balaban J connectivity index is 1.64. The van der Waals surface area contributed by atoms with E-state index in [-0.39, 0.29) is 5.41 Å². The second-order valence-electron chi connectivity index (χ2n) is 7.99. The second-order valence-corrected chi connectivity index (χ2v) is 7.99. The molecular weight excluding hydrogens is 358 g/mol. The van der Waals surface area contributed by atoms with Gasteiger partial charge in [0.15, 0.2) is 0 Å². The fourth-order valence-electron chi connectivity index (χ4n) is 4.57. The van der Waals surface area contributed by atoms with Crippen LogP contribution in [-0.4, -0.2) is 9.97 Å². The first-order chi connectivity index (χ1) is 14.1. The van der Waals surface area contributed by atoms with Gasteiger partial charge in [0.2, 0.25) is 5.71 Å². The van der Waals surface area contributed by atoms with E-state index in [9.17, 15) is 0 Å². The van der Waals surface area contributed by atoms with Gasteiger partial charge in [-0.1, -0.05) is 50.2 Å². The van der Waals surface area contributed by atoms with Crippen LogP contribution in [0.3, 0.4) is 0 Å². The Morgan fingerprint density at radius 1 is 0.793 bits per heavy atom. The average Bonchev–Trinajstić information content (AvgIpc) is 3.12. The Labute approximate surface area is 168 Å². The Morgan fingerprint density at radius 3 is 2.17 bits per heavy atom. The molecule has 0 amide bonds. The molecule has 3 heterocycles. The molecule has 0 radical (unpaired) electrons. The molecule has 0 bridgehead atoms. The number of furan rings is 1. The van der Waals surface area contributed by atoms with Gasteiger partial charge >= 0.3 is 0 Å². The zero-order valence-electron chi connectivity index (χ0n) is 16.3. The van der Waals surface area contributed by atoms with Crippen LogP contribution in [0.1, 0.15) is 25.0 Å². The molecule has 0 aliphatic carbocycles. The standard InChI is InChI=1S/C25H19N3O/c1-25(2)18-7-3-5-9-20(18)28(21-10-6-4-8-19(21)25)16-11-12-17-22(15-16)29-24-23(17)26-13-14-27-24/h3-15H,1-2H3. The molecule has 6 rings (SSSR count). The molecule has 0 spiro atoms. The van der Waals surface area contributed by atoms with Crippen LogP contribution >= 0.6 is 0 Å². The molecule has 29 heavy (non-hydrogen) atoms. The molecule has 5 aromatic rings.